The molecule has 0 spiro atoms. The van der Waals surface area contributed by atoms with Crippen LogP contribution in [0.15, 0.2) is 12.2 Å². The minimum absolute atomic E-state index is 0. The summed E-state index contributed by atoms with van der Waals surface area (Å²) >= 11 is 0. The molecular formula is C6H12BO2. The minimum Gasteiger partial charge on any atom is -0.429 e. The molecule has 51 valence electrons. The van der Waals surface area contributed by atoms with Crippen LogP contribution in [-0.4, -0.2) is 17.7 Å². The topological polar surface area (TPSA) is 40.5 Å². The largest absolute Gasteiger partial charge is 0.482 e. The Kier molecular flexibility index (Phi) is 7.49. The Labute approximate surface area is 56.5 Å². The lowest BCUT2D eigenvalue weighted by atomic mass is 10.1. The van der Waals surface area contributed by atoms with Crippen LogP contribution in [-0.2, 0) is 0 Å². The molecule has 0 heterocycles. The van der Waals surface area contributed by atoms with Crippen molar-refractivity contribution in [1.82, 2.24) is 0 Å². The molecule has 1 radical (unpaired) electrons. The van der Waals surface area contributed by atoms with Gasteiger partial charge in [-0.3, -0.25) is 0 Å². The van der Waals surface area contributed by atoms with Gasteiger partial charge in [-0.1, -0.05) is 12.2 Å². The van der Waals surface area contributed by atoms with Crippen LogP contribution in [0.4, 0.5) is 0 Å². The summed E-state index contributed by atoms with van der Waals surface area (Å²) in [6.07, 6.45) is 10.0. The number of allylic oxidation sites excluding steroid dienone is 2. The van der Waals surface area contributed by atoms with Gasteiger partial charge in [-0.15, -0.1) is 0 Å². The van der Waals surface area contributed by atoms with Gasteiger partial charge in [0.2, 0.25) is 0 Å². The van der Waals surface area contributed by atoms with Gasteiger partial charge in [0.05, 0.1) is 0 Å². The maximum atomic E-state index is 7.00. The molecule has 0 unspecified atom stereocenters. The molecule has 1 aliphatic carbocycles. The summed E-state index contributed by atoms with van der Waals surface area (Å²) in [5.41, 5.74) is 0. The molecule has 2 N–H and O–H groups in total. The molecule has 1 rings (SSSR count). The molecule has 0 saturated carbocycles. The van der Waals surface area contributed by atoms with E-state index in [1.54, 1.807) is 0 Å². The van der Waals surface area contributed by atoms with Gasteiger partial charge in [-0.25, -0.2) is 0 Å². The molecule has 2 nitrogen and oxygen atoms in total. The third kappa shape index (κ3) is 7.72. The van der Waals surface area contributed by atoms with Crippen molar-refractivity contribution in [3.05, 3.63) is 12.2 Å². The van der Waals surface area contributed by atoms with Crippen LogP contribution in [0.5, 0.6) is 0 Å². The van der Waals surface area contributed by atoms with Crippen LogP contribution in [0, 0.1) is 0 Å². The Morgan fingerprint density at radius 1 is 1.00 bits per heavy atom. The van der Waals surface area contributed by atoms with Crippen LogP contribution in [0.3, 0.4) is 0 Å². The Hall–Kier alpha value is -0.275. The average molecular weight is 127 g/mol. The standard InChI is InChI=1S/C6H10.BH2O2/c1-2-4-6-5-3-1;2-1-3/h1-2H,3-6H2;2-3H. The molecular weight excluding hydrogens is 115 g/mol. The van der Waals surface area contributed by atoms with Crippen molar-refractivity contribution < 1.29 is 10.0 Å². The summed E-state index contributed by atoms with van der Waals surface area (Å²) in [7, 11) is 0. The van der Waals surface area contributed by atoms with Crippen molar-refractivity contribution >= 4 is 7.69 Å². The Balaban J connectivity index is 0.000000187. The first-order valence-corrected chi connectivity index (χ1v) is 3.17. The molecule has 0 bridgehead atoms. The summed E-state index contributed by atoms with van der Waals surface area (Å²) in [4.78, 5) is 0. The third-order valence-electron chi connectivity index (χ3n) is 1.16. The second-order valence-electron chi connectivity index (χ2n) is 1.87. The molecule has 9 heavy (non-hydrogen) atoms. The van der Waals surface area contributed by atoms with Crippen LogP contribution in [0.1, 0.15) is 25.7 Å². The SMILES string of the molecule is C1=CCCCC1.O[B]O. The van der Waals surface area contributed by atoms with E-state index in [4.69, 9.17) is 10.0 Å². The molecule has 0 aromatic carbocycles. The van der Waals surface area contributed by atoms with Crippen molar-refractivity contribution in [1.29, 1.82) is 0 Å². The van der Waals surface area contributed by atoms with E-state index in [1.165, 1.54) is 25.7 Å². The predicted octanol–water partition coefficient (Wildman–Crippen LogP) is 0.622. The van der Waals surface area contributed by atoms with Gasteiger partial charge in [-0.2, -0.15) is 0 Å². The lowest BCUT2D eigenvalue weighted by molar-refractivity contribution is 0.448. The van der Waals surface area contributed by atoms with E-state index >= 15 is 0 Å². The summed E-state index contributed by atoms with van der Waals surface area (Å²) in [6, 6.07) is 0. The third-order valence-corrected chi connectivity index (χ3v) is 1.16. The summed E-state index contributed by atoms with van der Waals surface area (Å²) in [5, 5.41) is 14.0. The fourth-order valence-electron chi connectivity index (χ4n) is 0.760. The lowest BCUT2D eigenvalue weighted by Gasteiger charge is -1.97. The van der Waals surface area contributed by atoms with Crippen molar-refractivity contribution in [2.24, 2.45) is 0 Å². The second kappa shape index (κ2) is 7.72. The summed E-state index contributed by atoms with van der Waals surface area (Å²) in [6.45, 7) is 0. The maximum absolute atomic E-state index is 7.00. The second-order valence-corrected chi connectivity index (χ2v) is 1.87. The molecule has 0 aromatic heterocycles. The predicted molar refractivity (Wildman–Crippen MR) is 37.8 cm³/mol. The Morgan fingerprint density at radius 2 is 1.33 bits per heavy atom. The zero-order valence-electron chi connectivity index (χ0n) is 5.45. The van der Waals surface area contributed by atoms with Crippen molar-refractivity contribution in [3.8, 4) is 0 Å². The van der Waals surface area contributed by atoms with Gasteiger partial charge in [0.25, 0.3) is 0 Å². The average Bonchev–Trinajstić information content (AvgIpc) is 1.93. The molecule has 0 saturated heterocycles. The minimum atomic E-state index is 0. The number of hydrogen-bond acceptors (Lipinski definition) is 2. The zero-order chi connectivity index (χ0) is 6.95. The molecule has 0 amide bonds. The quantitative estimate of drug-likeness (QED) is 0.370. The Bertz CT molecular complexity index is 65.5. The van der Waals surface area contributed by atoms with Gasteiger partial charge in [0, 0.05) is 0 Å². The molecule has 0 aromatic rings. The highest BCUT2D eigenvalue weighted by atomic mass is 16.4. The van der Waals surface area contributed by atoms with Gasteiger partial charge in [0.15, 0.2) is 0 Å². The first kappa shape index (κ1) is 8.72. The van der Waals surface area contributed by atoms with Gasteiger partial charge >= 0.3 is 7.69 Å². The molecule has 3 heteroatoms. The van der Waals surface area contributed by atoms with Crippen LogP contribution >= 0.6 is 0 Å². The Morgan fingerprint density at radius 3 is 1.44 bits per heavy atom. The fraction of sp³-hybridized carbons (Fsp3) is 0.667. The van der Waals surface area contributed by atoms with Crippen molar-refractivity contribution in [2.75, 3.05) is 0 Å². The zero-order valence-corrected chi connectivity index (χ0v) is 5.45. The lowest BCUT2D eigenvalue weighted by Crippen LogP contribution is -1.77. The van der Waals surface area contributed by atoms with E-state index in [-0.39, 0.29) is 7.69 Å². The van der Waals surface area contributed by atoms with E-state index in [0.717, 1.165) is 0 Å². The van der Waals surface area contributed by atoms with E-state index in [0.29, 0.717) is 0 Å². The van der Waals surface area contributed by atoms with Crippen LogP contribution < -0.4 is 0 Å². The molecule has 0 aliphatic heterocycles. The van der Waals surface area contributed by atoms with Gasteiger partial charge in [-0.05, 0) is 25.7 Å². The maximum Gasteiger partial charge on any atom is 0.482 e. The first-order valence-electron chi connectivity index (χ1n) is 3.17. The highest BCUT2D eigenvalue weighted by Gasteiger charge is 1.87. The highest BCUT2D eigenvalue weighted by Crippen LogP contribution is 2.07. The van der Waals surface area contributed by atoms with Crippen LogP contribution in [0.2, 0.25) is 0 Å². The van der Waals surface area contributed by atoms with Crippen LogP contribution in [0.25, 0.3) is 0 Å². The molecule has 1 aliphatic rings. The monoisotopic (exact) mass is 127 g/mol. The number of rotatable bonds is 0. The van der Waals surface area contributed by atoms with Gasteiger partial charge < -0.3 is 10.0 Å². The number of hydrogen-bond donors (Lipinski definition) is 2. The van der Waals surface area contributed by atoms with E-state index in [1.807, 2.05) is 0 Å². The van der Waals surface area contributed by atoms with Gasteiger partial charge in [0.1, 0.15) is 0 Å². The normalized spacial score (nSPS) is 15.8. The van der Waals surface area contributed by atoms with Crippen molar-refractivity contribution in [2.45, 2.75) is 25.7 Å². The van der Waals surface area contributed by atoms with E-state index in [9.17, 15) is 0 Å². The summed E-state index contributed by atoms with van der Waals surface area (Å²) < 4.78 is 0. The molecule has 0 atom stereocenters. The van der Waals surface area contributed by atoms with Crippen molar-refractivity contribution in [3.63, 3.8) is 0 Å². The fourth-order valence-corrected chi connectivity index (χ4v) is 0.760. The highest BCUT2D eigenvalue weighted by molar-refractivity contribution is 6.13. The first-order chi connectivity index (χ1) is 4.41. The smallest absolute Gasteiger partial charge is 0.429 e. The van der Waals surface area contributed by atoms with E-state index < -0.39 is 0 Å². The van der Waals surface area contributed by atoms with E-state index in [2.05, 4.69) is 12.2 Å². The molecule has 0 fully saturated rings. The summed E-state index contributed by atoms with van der Waals surface area (Å²) in [5.74, 6) is 0.